The minimum absolute atomic E-state index is 0.185. The van der Waals surface area contributed by atoms with E-state index < -0.39 is 0 Å². The SMILES string of the molecule is O=C(OCc1ccc([S+](c2ccccc2)c2ccccc2)cc1)c1c(I)ccc(I)c1I. The van der Waals surface area contributed by atoms with Crippen LogP contribution in [-0.4, -0.2) is 5.97 Å². The molecule has 0 saturated carbocycles. The molecule has 0 unspecified atom stereocenters. The van der Waals surface area contributed by atoms with E-state index in [0.717, 1.165) is 16.3 Å². The van der Waals surface area contributed by atoms with Gasteiger partial charge in [-0.25, -0.2) is 4.79 Å². The Kier molecular flexibility index (Phi) is 8.52. The van der Waals surface area contributed by atoms with Gasteiger partial charge in [-0.15, -0.1) is 0 Å². The Balaban J connectivity index is 1.53. The molecule has 4 rings (SSSR count). The van der Waals surface area contributed by atoms with Gasteiger partial charge in [0.25, 0.3) is 0 Å². The van der Waals surface area contributed by atoms with E-state index in [9.17, 15) is 4.79 Å². The van der Waals surface area contributed by atoms with Crippen molar-refractivity contribution < 1.29 is 9.53 Å². The van der Waals surface area contributed by atoms with Gasteiger partial charge in [-0.3, -0.25) is 0 Å². The Morgan fingerprint density at radius 2 is 1.16 bits per heavy atom. The quantitative estimate of drug-likeness (QED) is 0.0861. The maximum Gasteiger partial charge on any atom is 0.340 e. The van der Waals surface area contributed by atoms with Crippen molar-refractivity contribution in [3.63, 3.8) is 0 Å². The second kappa shape index (κ2) is 11.3. The molecule has 0 radical (unpaired) electrons. The number of benzene rings is 4. The van der Waals surface area contributed by atoms with Crippen LogP contribution in [0.2, 0.25) is 0 Å². The van der Waals surface area contributed by atoms with E-state index in [4.69, 9.17) is 4.74 Å². The van der Waals surface area contributed by atoms with Crippen LogP contribution in [0, 0.1) is 10.7 Å². The van der Waals surface area contributed by atoms with Gasteiger partial charge in [-0.05, 0) is 122 Å². The van der Waals surface area contributed by atoms with Gasteiger partial charge >= 0.3 is 5.97 Å². The van der Waals surface area contributed by atoms with Crippen molar-refractivity contribution in [1.29, 1.82) is 0 Å². The van der Waals surface area contributed by atoms with Crippen LogP contribution in [0.5, 0.6) is 0 Å². The summed E-state index contributed by atoms with van der Waals surface area (Å²) in [4.78, 5) is 16.5. The minimum atomic E-state index is -0.283. The molecule has 0 amide bonds. The first-order chi connectivity index (χ1) is 15.5. The van der Waals surface area contributed by atoms with Crippen LogP contribution in [-0.2, 0) is 22.2 Å². The smallest absolute Gasteiger partial charge is 0.340 e. The first kappa shape index (κ1) is 24.0. The van der Waals surface area contributed by atoms with Crippen molar-refractivity contribution in [3.8, 4) is 0 Å². The number of carbonyl (C=O) groups is 1. The van der Waals surface area contributed by atoms with Crippen LogP contribution in [0.4, 0.5) is 0 Å². The average molecular weight is 775 g/mol. The molecule has 0 aliphatic rings. The lowest BCUT2D eigenvalue weighted by Gasteiger charge is -2.11. The molecule has 0 saturated heterocycles. The van der Waals surface area contributed by atoms with E-state index in [1.165, 1.54) is 14.7 Å². The molecule has 6 heteroatoms. The Morgan fingerprint density at radius 3 is 1.72 bits per heavy atom. The summed E-state index contributed by atoms with van der Waals surface area (Å²) in [6, 6.07) is 33.5. The molecular weight excluding hydrogens is 757 g/mol. The van der Waals surface area contributed by atoms with E-state index in [0.29, 0.717) is 5.56 Å². The van der Waals surface area contributed by atoms with Gasteiger partial charge in [0, 0.05) is 10.7 Å². The Bertz CT molecular complexity index is 1170. The van der Waals surface area contributed by atoms with Crippen LogP contribution in [0.25, 0.3) is 0 Å². The van der Waals surface area contributed by atoms with Crippen molar-refractivity contribution in [1.82, 2.24) is 0 Å². The molecule has 4 aromatic carbocycles. The minimum Gasteiger partial charge on any atom is -0.457 e. The standard InChI is InChI=1S/C26H18I3O2S/c27-22-15-16-23(28)25(29)24(22)26(30)31-17-18-11-13-21(14-12-18)32(19-7-3-1-4-8-19)20-9-5-2-6-10-20/h1-16H,17H2/q+1. The Labute approximate surface area is 231 Å². The number of halogens is 3. The lowest BCUT2D eigenvalue weighted by Crippen LogP contribution is -2.10. The number of hydrogen-bond acceptors (Lipinski definition) is 2. The fraction of sp³-hybridized carbons (Fsp3) is 0.0385. The molecule has 0 aliphatic heterocycles. The predicted molar refractivity (Wildman–Crippen MR) is 155 cm³/mol. The van der Waals surface area contributed by atoms with Crippen molar-refractivity contribution in [3.05, 3.63) is 119 Å². The van der Waals surface area contributed by atoms with Crippen molar-refractivity contribution in [2.45, 2.75) is 21.3 Å². The molecule has 0 aliphatic carbocycles. The maximum absolute atomic E-state index is 12.7. The summed E-state index contributed by atoms with van der Waals surface area (Å²) >= 11 is 6.64. The number of hydrogen-bond donors (Lipinski definition) is 0. The molecule has 160 valence electrons. The summed E-state index contributed by atoms with van der Waals surface area (Å²) in [6.07, 6.45) is 0. The zero-order valence-corrected chi connectivity index (χ0v) is 24.1. The van der Waals surface area contributed by atoms with Crippen molar-refractivity contribution >= 4 is 84.6 Å². The predicted octanol–water partition coefficient (Wildman–Crippen LogP) is 7.95. The van der Waals surface area contributed by atoms with E-state index in [-0.39, 0.29) is 23.5 Å². The highest BCUT2D eigenvalue weighted by atomic mass is 127. The number of esters is 1. The fourth-order valence-electron chi connectivity index (χ4n) is 3.18. The zero-order valence-electron chi connectivity index (χ0n) is 16.8. The molecule has 0 N–H and O–H groups in total. The second-order valence-electron chi connectivity index (χ2n) is 6.87. The van der Waals surface area contributed by atoms with Crippen LogP contribution in [0.3, 0.4) is 0 Å². The molecular formula is C26H18I3O2S+. The lowest BCUT2D eigenvalue weighted by atomic mass is 10.2. The average Bonchev–Trinajstić information content (AvgIpc) is 2.83. The molecule has 0 fully saturated rings. The van der Waals surface area contributed by atoms with Gasteiger partial charge in [-0.2, -0.15) is 0 Å². The van der Waals surface area contributed by atoms with Gasteiger partial charge in [0.1, 0.15) is 6.61 Å². The highest BCUT2D eigenvalue weighted by Gasteiger charge is 2.28. The van der Waals surface area contributed by atoms with E-state index in [1.54, 1.807) is 0 Å². The Hall–Kier alpha value is -1.11. The summed E-state index contributed by atoms with van der Waals surface area (Å²) in [5.41, 5.74) is 1.62. The van der Waals surface area contributed by atoms with Gasteiger partial charge < -0.3 is 4.74 Å². The summed E-state index contributed by atoms with van der Waals surface area (Å²) < 4.78 is 8.54. The normalized spacial score (nSPS) is 10.9. The van der Waals surface area contributed by atoms with Crippen LogP contribution in [0.15, 0.2) is 112 Å². The van der Waals surface area contributed by atoms with E-state index >= 15 is 0 Å². The van der Waals surface area contributed by atoms with Gasteiger partial charge in [0.2, 0.25) is 0 Å². The largest absolute Gasteiger partial charge is 0.457 e. The molecule has 0 atom stereocenters. The number of rotatable bonds is 6. The molecule has 32 heavy (non-hydrogen) atoms. The van der Waals surface area contributed by atoms with Gasteiger partial charge in [0.05, 0.1) is 16.5 Å². The monoisotopic (exact) mass is 775 g/mol. The van der Waals surface area contributed by atoms with Gasteiger partial charge in [-0.1, -0.05) is 48.5 Å². The highest BCUT2D eigenvalue weighted by Crippen LogP contribution is 2.31. The zero-order chi connectivity index (χ0) is 22.5. The molecule has 0 aromatic heterocycles. The fourth-order valence-corrected chi connectivity index (χ4v) is 7.59. The summed E-state index contributed by atoms with van der Waals surface area (Å²) in [6.45, 7) is 0.251. The number of carbonyl (C=O) groups excluding carboxylic acids is 1. The lowest BCUT2D eigenvalue weighted by molar-refractivity contribution is 0.0470. The highest BCUT2D eigenvalue weighted by molar-refractivity contribution is 14.1. The van der Waals surface area contributed by atoms with Gasteiger partial charge in [0.15, 0.2) is 14.7 Å². The summed E-state index contributed by atoms with van der Waals surface area (Å²) in [5, 5.41) is 0. The van der Waals surface area contributed by atoms with E-state index in [1.807, 2.05) is 24.3 Å². The molecule has 0 heterocycles. The third-order valence-corrected chi connectivity index (χ3v) is 10.9. The molecule has 2 nitrogen and oxygen atoms in total. The topological polar surface area (TPSA) is 26.3 Å². The Morgan fingerprint density at radius 1 is 0.656 bits per heavy atom. The molecule has 0 bridgehead atoms. The third kappa shape index (κ3) is 5.68. The first-order valence-electron chi connectivity index (χ1n) is 9.78. The van der Waals surface area contributed by atoms with Crippen molar-refractivity contribution in [2.24, 2.45) is 0 Å². The molecule has 0 spiro atoms. The summed E-state index contributed by atoms with van der Waals surface area (Å²) in [7, 11) is -0.185. The number of ether oxygens (including phenoxy) is 1. The third-order valence-electron chi connectivity index (χ3n) is 4.73. The first-order valence-corrected chi connectivity index (χ1v) is 14.2. The summed E-state index contributed by atoms with van der Waals surface area (Å²) in [5.74, 6) is -0.283. The second-order valence-corrected chi connectivity index (χ2v) is 12.3. The van der Waals surface area contributed by atoms with Crippen LogP contribution < -0.4 is 0 Å². The van der Waals surface area contributed by atoms with Crippen molar-refractivity contribution in [2.75, 3.05) is 0 Å². The van der Waals surface area contributed by atoms with Crippen LogP contribution >= 0.6 is 67.8 Å². The van der Waals surface area contributed by atoms with E-state index in [2.05, 4.69) is 141 Å². The van der Waals surface area contributed by atoms with Crippen LogP contribution in [0.1, 0.15) is 15.9 Å². The maximum atomic E-state index is 12.7. The molecule has 4 aromatic rings.